The van der Waals surface area contributed by atoms with Crippen molar-refractivity contribution in [2.75, 3.05) is 18.6 Å². The summed E-state index contributed by atoms with van der Waals surface area (Å²) in [7, 11) is 0.635. The van der Waals surface area contributed by atoms with E-state index in [2.05, 4.69) is 15.9 Å². The number of anilines is 1. The fourth-order valence-corrected chi connectivity index (χ4v) is 3.58. The molecule has 2 N–H and O–H groups in total. The highest BCUT2D eigenvalue weighted by molar-refractivity contribution is 9.10. The zero-order valence-electron chi connectivity index (χ0n) is 10.3. The molecule has 3 nitrogen and oxygen atoms in total. The number of nitrogen functional groups attached to an aromatic ring is 1. The Balaban J connectivity index is 2.71. The Morgan fingerprint density at radius 2 is 2.12 bits per heavy atom. The molecule has 0 bridgehead atoms. The zero-order valence-corrected chi connectivity index (χ0v) is 12.7. The van der Waals surface area contributed by atoms with E-state index in [-0.39, 0.29) is 5.60 Å². The molecular formula is C12H18BrNO2S. The lowest BCUT2D eigenvalue weighted by Gasteiger charge is -2.22. The molecule has 0 saturated heterocycles. The quantitative estimate of drug-likeness (QED) is 0.849. The van der Waals surface area contributed by atoms with Gasteiger partial charge in [0, 0.05) is 23.0 Å². The molecule has 0 radical (unpaired) electrons. The summed E-state index contributed by atoms with van der Waals surface area (Å²) in [5.41, 5.74) is 6.07. The third kappa shape index (κ3) is 4.41. The van der Waals surface area contributed by atoms with Gasteiger partial charge in [-0.2, -0.15) is 0 Å². The Labute approximate surface area is 113 Å². The number of rotatable bonds is 5. The van der Waals surface area contributed by atoms with Crippen LogP contribution in [-0.4, -0.2) is 22.7 Å². The van der Waals surface area contributed by atoms with Crippen LogP contribution in [0.2, 0.25) is 0 Å². The van der Waals surface area contributed by atoms with Gasteiger partial charge in [0.2, 0.25) is 0 Å². The van der Waals surface area contributed by atoms with Crippen LogP contribution in [0, 0.1) is 0 Å². The van der Waals surface area contributed by atoms with Crippen molar-refractivity contribution in [1.82, 2.24) is 0 Å². The molecule has 5 heteroatoms. The minimum atomic E-state index is -1.03. The minimum Gasteiger partial charge on any atom is -0.399 e. The van der Waals surface area contributed by atoms with Crippen LogP contribution in [-0.2, 0) is 15.5 Å². The number of nitrogens with two attached hydrogens (primary N) is 1. The van der Waals surface area contributed by atoms with E-state index < -0.39 is 10.8 Å². The smallest absolute Gasteiger partial charge is 0.0631 e. The Kier molecular flexibility index (Phi) is 5.16. The lowest BCUT2D eigenvalue weighted by Crippen LogP contribution is -2.24. The van der Waals surface area contributed by atoms with Crippen molar-refractivity contribution >= 4 is 32.4 Å². The van der Waals surface area contributed by atoms with Gasteiger partial charge >= 0.3 is 0 Å². The molecule has 1 aromatic rings. The fourth-order valence-electron chi connectivity index (χ4n) is 1.25. The summed E-state index contributed by atoms with van der Waals surface area (Å²) in [5, 5.41) is 0. The van der Waals surface area contributed by atoms with Crippen LogP contribution in [0.4, 0.5) is 5.69 Å². The highest BCUT2D eigenvalue weighted by atomic mass is 79.9. The van der Waals surface area contributed by atoms with Gasteiger partial charge < -0.3 is 10.5 Å². The molecule has 96 valence electrons. The first kappa shape index (κ1) is 14.7. The summed E-state index contributed by atoms with van der Waals surface area (Å²) in [4.78, 5) is 0.783. The predicted molar refractivity (Wildman–Crippen MR) is 75.5 cm³/mol. The number of ether oxygens (including phenoxy) is 1. The summed E-state index contributed by atoms with van der Waals surface area (Å²) in [6.07, 6.45) is 0.743. The second kappa shape index (κ2) is 5.98. The van der Waals surface area contributed by atoms with Crippen molar-refractivity contribution in [3.63, 3.8) is 0 Å². The maximum atomic E-state index is 12.1. The van der Waals surface area contributed by atoms with Gasteiger partial charge in [0.15, 0.2) is 0 Å². The van der Waals surface area contributed by atoms with E-state index in [0.717, 1.165) is 15.8 Å². The van der Waals surface area contributed by atoms with Gasteiger partial charge in [-0.3, -0.25) is 4.21 Å². The SMILES string of the molecule is COC(C)(C)CCS(=O)c1ccc(N)cc1Br. The van der Waals surface area contributed by atoms with Gasteiger partial charge in [-0.25, -0.2) is 0 Å². The van der Waals surface area contributed by atoms with E-state index in [0.29, 0.717) is 11.4 Å². The van der Waals surface area contributed by atoms with Crippen LogP contribution in [0.25, 0.3) is 0 Å². The van der Waals surface area contributed by atoms with Crippen molar-refractivity contribution in [3.8, 4) is 0 Å². The van der Waals surface area contributed by atoms with Crippen molar-refractivity contribution in [2.45, 2.75) is 30.8 Å². The minimum absolute atomic E-state index is 0.240. The number of hydrogen-bond donors (Lipinski definition) is 1. The molecule has 0 fully saturated rings. The van der Waals surface area contributed by atoms with Gasteiger partial charge in [0.05, 0.1) is 21.3 Å². The van der Waals surface area contributed by atoms with Gasteiger partial charge in [0.25, 0.3) is 0 Å². The van der Waals surface area contributed by atoms with Crippen LogP contribution >= 0.6 is 15.9 Å². The van der Waals surface area contributed by atoms with E-state index in [4.69, 9.17) is 10.5 Å². The number of benzene rings is 1. The molecule has 0 spiro atoms. The lowest BCUT2D eigenvalue weighted by molar-refractivity contribution is 0.0205. The average Bonchev–Trinajstić information content (AvgIpc) is 2.26. The predicted octanol–water partition coefficient (Wildman–Crippen LogP) is 2.95. The van der Waals surface area contributed by atoms with Gasteiger partial charge in [0.1, 0.15) is 0 Å². The molecule has 0 aliphatic rings. The van der Waals surface area contributed by atoms with Crippen LogP contribution in [0.1, 0.15) is 20.3 Å². The lowest BCUT2D eigenvalue weighted by atomic mass is 10.1. The first-order valence-corrected chi connectivity index (χ1v) is 7.45. The second-order valence-electron chi connectivity index (χ2n) is 4.45. The molecule has 0 aromatic heterocycles. The van der Waals surface area contributed by atoms with Crippen molar-refractivity contribution in [3.05, 3.63) is 22.7 Å². The first-order valence-electron chi connectivity index (χ1n) is 5.34. The summed E-state index contributed by atoms with van der Waals surface area (Å²) in [6.45, 7) is 3.98. The van der Waals surface area contributed by atoms with Crippen LogP contribution < -0.4 is 5.73 Å². The molecule has 0 heterocycles. The first-order chi connectivity index (χ1) is 7.85. The van der Waals surface area contributed by atoms with Crippen molar-refractivity contribution in [1.29, 1.82) is 0 Å². The van der Waals surface area contributed by atoms with Gasteiger partial charge in [-0.05, 0) is 54.4 Å². The fraction of sp³-hybridized carbons (Fsp3) is 0.500. The van der Waals surface area contributed by atoms with Gasteiger partial charge in [-0.15, -0.1) is 0 Å². The van der Waals surface area contributed by atoms with Crippen molar-refractivity contribution in [2.24, 2.45) is 0 Å². The maximum absolute atomic E-state index is 12.1. The van der Waals surface area contributed by atoms with Crippen LogP contribution in [0.5, 0.6) is 0 Å². The van der Waals surface area contributed by atoms with E-state index in [9.17, 15) is 4.21 Å². The summed E-state index contributed by atoms with van der Waals surface area (Å²) in [6, 6.07) is 5.34. The van der Waals surface area contributed by atoms with E-state index in [1.54, 1.807) is 25.3 Å². The number of halogens is 1. The maximum Gasteiger partial charge on any atom is 0.0631 e. The monoisotopic (exact) mass is 319 g/mol. The van der Waals surface area contributed by atoms with Crippen LogP contribution in [0.15, 0.2) is 27.6 Å². The Hall–Kier alpha value is -0.390. The third-order valence-electron chi connectivity index (χ3n) is 2.64. The molecule has 0 saturated carbocycles. The highest BCUT2D eigenvalue weighted by Crippen LogP contribution is 2.24. The Morgan fingerprint density at radius 3 is 2.65 bits per heavy atom. The van der Waals surface area contributed by atoms with Gasteiger partial charge in [-0.1, -0.05) is 0 Å². The Bertz CT molecular complexity index is 421. The molecule has 0 amide bonds. The number of hydrogen-bond acceptors (Lipinski definition) is 3. The third-order valence-corrected chi connectivity index (χ3v) is 4.98. The molecule has 17 heavy (non-hydrogen) atoms. The normalized spacial score (nSPS) is 13.6. The highest BCUT2D eigenvalue weighted by Gasteiger charge is 2.18. The van der Waals surface area contributed by atoms with E-state index in [1.807, 2.05) is 13.8 Å². The average molecular weight is 320 g/mol. The largest absolute Gasteiger partial charge is 0.399 e. The topological polar surface area (TPSA) is 52.3 Å². The molecule has 0 aliphatic carbocycles. The number of methoxy groups -OCH3 is 1. The molecule has 1 unspecified atom stereocenters. The summed E-state index contributed by atoms with van der Waals surface area (Å²) >= 11 is 3.38. The summed E-state index contributed by atoms with van der Waals surface area (Å²) < 4.78 is 18.2. The molecular weight excluding hydrogens is 302 g/mol. The summed E-state index contributed by atoms with van der Waals surface area (Å²) in [5.74, 6) is 0.573. The molecule has 1 atom stereocenters. The van der Waals surface area contributed by atoms with E-state index >= 15 is 0 Å². The molecule has 1 rings (SSSR count). The Morgan fingerprint density at radius 1 is 1.47 bits per heavy atom. The standard InChI is InChI=1S/C12H18BrNO2S/c1-12(2,16-3)6-7-17(15)11-5-4-9(14)8-10(11)13/h4-5,8H,6-7,14H2,1-3H3. The molecule has 1 aromatic carbocycles. The zero-order chi connectivity index (χ0) is 13.1. The van der Waals surface area contributed by atoms with Crippen LogP contribution in [0.3, 0.4) is 0 Å². The second-order valence-corrected chi connectivity index (χ2v) is 6.85. The van der Waals surface area contributed by atoms with Crippen molar-refractivity contribution < 1.29 is 8.95 Å². The van der Waals surface area contributed by atoms with E-state index in [1.165, 1.54) is 0 Å². The molecule has 0 aliphatic heterocycles.